The molecule has 0 radical (unpaired) electrons. The van der Waals surface area contributed by atoms with Crippen molar-refractivity contribution in [2.45, 2.75) is 25.2 Å². The largest absolute Gasteiger partial charge is 0.302 e. The molecule has 1 saturated heterocycles. The summed E-state index contributed by atoms with van der Waals surface area (Å²) < 4.78 is 15.9. The van der Waals surface area contributed by atoms with E-state index in [0.717, 1.165) is 55.9 Å². The van der Waals surface area contributed by atoms with Gasteiger partial charge in [0.05, 0.1) is 0 Å². The fraction of sp³-hybridized carbons (Fsp3) is 0.368. The van der Waals surface area contributed by atoms with Crippen LogP contribution in [0.4, 0.5) is 4.39 Å². The Morgan fingerprint density at radius 2 is 1.96 bits per heavy atom. The molecule has 4 nitrogen and oxygen atoms in total. The number of benzene rings is 1. The van der Waals surface area contributed by atoms with Gasteiger partial charge in [-0.15, -0.1) is 10.2 Å². The Bertz CT molecular complexity index is 829. The van der Waals surface area contributed by atoms with E-state index in [4.69, 9.17) is 0 Å². The third-order valence-electron chi connectivity index (χ3n) is 4.87. The van der Waals surface area contributed by atoms with Gasteiger partial charge < -0.3 is 4.90 Å². The molecule has 0 N–H and O–H groups in total. The van der Waals surface area contributed by atoms with Crippen molar-refractivity contribution in [3.8, 4) is 0 Å². The third-order valence-corrected chi connectivity index (χ3v) is 4.87. The first-order valence-electron chi connectivity index (χ1n) is 8.57. The zero-order valence-electron chi connectivity index (χ0n) is 13.6. The number of pyridine rings is 1. The minimum Gasteiger partial charge on any atom is -0.302 e. The highest BCUT2D eigenvalue weighted by atomic mass is 19.1. The zero-order chi connectivity index (χ0) is 16.4. The fourth-order valence-electron chi connectivity index (χ4n) is 3.59. The van der Waals surface area contributed by atoms with Crippen LogP contribution in [0.3, 0.4) is 0 Å². The number of nitrogens with zero attached hydrogens (tertiary/aromatic N) is 4. The molecule has 1 aliphatic heterocycles. The minimum atomic E-state index is -0.102. The van der Waals surface area contributed by atoms with Crippen LogP contribution in [0.5, 0.6) is 0 Å². The summed E-state index contributed by atoms with van der Waals surface area (Å²) in [6, 6.07) is 13.0. The van der Waals surface area contributed by atoms with Gasteiger partial charge in [-0.05, 0) is 49.6 Å². The van der Waals surface area contributed by atoms with Crippen LogP contribution < -0.4 is 0 Å². The van der Waals surface area contributed by atoms with Gasteiger partial charge in [0.1, 0.15) is 11.6 Å². The van der Waals surface area contributed by atoms with E-state index in [9.17, 15) is 4.39 Å². The lowest BCUT2D eigenvalue weighted by Crippen LogP contribution is -2.36. The first kappa shape index (κ1) is 15.3. The number of rotatable bonds is 4. The summed E-state index contributed by atoms with van der Waals surface area (Å²) in [7, 11) is 0. The van der Waals surface area contributed by atoms with E-state index in [1.54, 1.807) is 6.07 Å². The van der Waals surface area contributed by atoms with Crippen LogP contribution in [-0.4, -0.2) is 39.1 Å². The van der Waals surface area contributed by atoms with E-state index < -0.39 is 0 Å². The maximum absolute atomic E-state index is 13.8. The van der Waals surface area contributed by atoms with Crippen molar-refractivity contribution in [1.82, 2.24) is 19.5 Å². The number of fused-ring (bicyclic) bond motifs is 1. The smallest absolute Gasteiger partial charge is 0.160 e. The summed E-state index contributed by atoms with van der Waals surface area (Å²) in [6.45, 7) is 2.92. The molecule has 1 aromatic carbocycles. The first-order chi connectivity index (χ1) is 11.8. The van der Waals surface area contributed by atoms with Gasteiger partial charge in [0, 0.05) is 25.2 Å². The van der Waals surface area contributed by atoms with Gasteiger partial charge in [-0.3, -0.25) is 4.40 Å². The molecule has 5 heteroatoms. The maximum atomic E-state index is 13.8. The van der Waals surface area contributed by atoms with Crippen molar-refractivity contribution in [2.24, 2.45) is 0 Å². The van der Waals surface area contributed by atoms with E-state index in [1.165, 1.54) is 6.07 Å². The lowest BCUT2D eigenvalue weighted by atomic mass is 9.96. The van der Waals surface area contributed by atoms with Crippen molar-refractivity contribution < 1.29 is 4.39 Å². The molecular formula is C19H21FN4. The molecule has 124 valence electrons. The molecule has 0 aliphatic carbocycles. The number of halogens is 1. The first-order valence-corrected chi connectivity index (χ1v) is 8.57. The average Bonchev–Trinajstić information content (AvgIpc) is 3.05. The second kappa shape index (κ2) is 6.69. The Morgan fingerprint density at radius 1 is 1.08 bits per heavy atom. The van der Waals surface area contributed by atoms with E-state index in [-0.39, 0.29) is 5.82 Å². The van der Waals surface area contributed by atoms with Gasteiger partial charge in [0.15, 0.2) is 5.65 Å². The van der Waals surface area contributed by atoms with E-state index in [1.807, 2.05) is 36.5 Å². The Balaban J connectivity index is 1.45. The Morgan fingerprint density at radius 3 is 2.88 bits per heavy atom. The summed E-state index contributed by atoms with van der Waals surface area (Å²) in [5, 5.41) is 8.68. The SMILES string of the molecule is Fc1ccccc1CCN1CCC[C@H](c2nnc3ccccn23)C1. The standard InChI is InChI=1S/C19H21FN4/c20-17-8-2-1-6-15(17)10-13-23-11-5-7-16(14-23)19-22-21-18-9-3-4-12-24(18)19/h1-4,6,8-9,12,16H,5,7,10-11,13-14H2/t16-/m0/s1. The predicted octanol–water partition coefficient (Wildman–Crippen LogP) is 3.29. The molecule has 0 spiro atoms. The number of hydrogen-bond donors (Lipinski definition) is 0. The Kier molecular flexibility index (Phi) is 4.26. The van der Waals surface area contributed by atoms with Crippen molar-refractivity contribution in [1.29, 1.82) is 0 Å². The van der Waals surface area contributed by atoms with Gasteiger partial charge >= 0.3 is 0 Å². The van der Waals surface area contributed by atoms with Crippen LogP contribution in [0.25, 0.3) is 5.65 Å². The molecule has 0 unspecified atom stereocenters. The summed E-state index contributed by atoms with van der Waals surface area (Å²) >= 11 is 0. The van der Waals surface area contributed by atoms with Crippen LogP contribution in [0, 0.1) is 5.82 Å². The van der Waals surface area contributed by atoms with E-state index >= 15 is 0 Å². The highest BCUT2D eigenvalue weighted by molar-refractivity contribution is 5.37. The Labute approximate surface area is 140 Å². The number of hydrogen-bond acceptors (Lipinski definition) is 3. The van der Waals surface area contributed by atoms with E-state index in [0.29, 0.717) is 5.92 Å². The molecular weight excluding hydrogens is 303 g/mol. The van der Waals surface area contributed by atoms with Gasteiger partial charge in [-0.25, -0.2) is 4.39 Å². The summed E-state index contributed by atoms with van der Waals surface area (Å²) in [5.41, 5.74) is 1.70. The van der Waals surface area contributed by atoms with Crippen LogP contribution in [0.15, 0.2) is 48.7 Å². The molecule has 1 aliphatic rings. The van der Waals surface area contributed by atoms with Crippen LogP contribution in [0.2, 0.25) is 0 Å². The van der Waals surface area contributed by atoms with Crippen molar-refractivity contribution >= 4 is 5.65 Å². The summed E-state index contributed by atoms with van der Waals surface area (Å²) in [5.74, 6) is 1.33. The van der Waals surface area contributed by atoms with E-state index in [2.05, 4.69) is 19.5 Å². The second-order valence-electron chi connectivity index (χ2n) is 6.47. The zero-order valence-corrected chi connectivity index (χ0v) is 13.6. The minimum absolute atomic E-state index is 0.102. The summed E-state index contributed by atoms with van der Waals surface area (Å²) in [6.07, 6.45) is 5.05. The molecule has 2 aromatic heterocycles. The van der Waals surface area contributed by atoms with Gasteiger partial charge in [-0.2, -0.15) is 0 Å². The van der Waals surface area contributed by atoms with Crippen LogP contribution >= 0.6 is 0 Å². The van der Waals surface area contributed by atoms with Gasteiger partial charge in [0.25, 0.3) is 0 Å². The lowest BCUT2D eigenvalue weighted by molar-refractivity contribution is 0.205. The number of aromatic nitrogens is 3. The van der Waals surface area contributed by atoms with Crippen molar-refractivity contribution in [2.75, 3.05) is 19.6 Å². The van der Waals surface area contributed by atoms with Gasteiger partial charge in [-0.1, -0.05) is 24.3 Å². The highest BCUT2D eigenvalue weighted by Crippen LogP contribution is 2.26. The molecule has 24 heavy (non-hydrogen) atoms. The number of likely N-dealkylation sites (tertiary alicyclic amines) is 1. The predicted molar refractivity (Wildman–Crippen MR) is 91.5 cm³/mol. The molecule has 3 aromatic rings. The molecule has 3 heterocycles. The van der Waals surface area contributed by atoms with Crippen LogP contribution in [0.1, 0.15) is 30.1 Å². The summed E-state index contributed by atoms with van der Waals surface area (Å²) in [4.78, 5) is 2.42. The normalized spacial score (nSPS) is 19.0. The van der Waals surface area contributed by atoms with Crippen LogP contribution in [-0.2, 0) is 6.42 Å². The quantitative estimate of drug-likeness (QED) is 0.738. The molecule has 0 bridgehead atoms. The molecule has 1 fully saturated rings. The van der Waals surface area contributed by atoms with Gasteiger partial charge in [0.2, 0.25) is 0 Å². The topological polar surface area (TPSA) is 33.4 Å². The molecule has 4 rings (SSSR count). The third kappa shape index (κ3) is 3.04. The molecule has 1 atom stereocenters. The number of piperidine rings is 1. The lowest BCUT2D eigenvalue weighted by Gasteiger charge is -2.31. The Hall–Kier alpha value is -2.27. The monoisotopic (exact) mass is 324 g/mol. The highest BCUT2D eigenvalue weighted by Gasteiger charge is 2.25. The van der Waals surface area contributed by atoms with Crippen molar-refractivity contribution in [3.63, 3.8) is 0 Å². The molecule has 0 amide bonds. The maximum Gasteiger partial charge on any atom is 0.160 e. The average molecular weight is 324 g/mol. The molecule has 0 saturated carbocycles. The fourth-order valence-corrected chi connectivity index (χ4v) is 3.59. The van der Waals surface area contributed by atoms with Crippen molar-refractivity contribution in [3.05, 3.63) is 65.9 Å². The second-order valence-corrected chi connectivity index (χ2v) is 6.47.